The lowest BCUT2D eigenvalue weighted by Crippen LogP contribution is -2.41. The normalized spacial score (nSPS) is 25.5. The first-order valence-electron chi connectivity index (χ1n) is 3.54. The fourth-order valence-corrected chi connectivity index (χ4v) is 1.12. The quantitative estimate of drug-likeness (QED) is 0.699. The molecular formula is C8H11Cl2NO2. The standard InChI is InChI=1S/C8H10ClNO2.ClH/c1-8(5-9)4-6(7(11)12)2-3-10-8;/h2-4,10H,5H2,1H3,(H,11,12);1H. The molecule has 0 fully saturated rings. The summed E-state index contributed by atoms with van der Waals surface area (Å²) in [5.41, 5.74) is -0.166. The second-order valence-electron chi connectivity index (χ2n) is 2.93. The number of carboxylic acid groups (broad SMARTS) is 1. The van der Waals surface area contributed by atoms with Crippen molar-refractivity contribution in [1.82, 2.24) is 5.32 Å². The van der Waals surface area contributed by atoms with Crippen molar-refractivity contribution in [2.45, 2.75) is 12.5 Å². The van der Waals surface area contributed by atoms with Crippen LogP contribution in [0.5, 0.6) is 0 Å². The van der Waals surface area contributed by atoms with Gasteiger partial charge < -0.3 is 10.4 Å². The van der Waals surface area contributed by atoms with Crippen molar-refractivity contribution in [3.05, 3.63) is 23.9 Å². The van der Waals surface area contributed by atoms with Gasteiger partial charge in [0.25, 0.3) is 0 Å². The number of alkyl halides is 1. The predicted molar refractivity (Wildman–Crippen MR) is 54.4 cm³/mol. The largest absolute Gasteiger partial charge is 0.478 e. The summed E-state index contributed by atoms with van der Waals surface area (Å²) in [6.45, 7) is 1.84. The summed E-state index contributed by atoms with van der Waals surface area (Å²) in [5, 5.41) is 11.7. The maximum atomic E-state index is 10.6. The van der Waals surface area contributed by atoms with Gasteiger partial charge >= 0.3 is 5.97 Å². The first-order valence-corrected chi connectivity index (χ1v) is 4.07. The molecule has 1 aliphatic rings. The Morgan fingerprint density at radius 2 is 2.38 bits per heavy atom. The van der Waals surface area contributed by atoms with Crippen LogP contribution in [0.3, 0.4) is 0 Å². The molecule has 0 aliphatic carbocycles. The molecule has 1 rings (SSSR count). The Morgan fingerprint density at radius 1 is 1.77 bits per heavy atom. The van der Waals surface area contributed by atoms with E-state index in [2.05, 4.69) is 5.32 Å². The summed E-state index contributed by atoms with van der Waals surface area (Å²) in [5.74, 6) is -0.585. The second kappa shape index (κ2) is 4.53. The minimum Gasteiger partial charge on any atom is -0.478 e. The molecule has 0 radical (unpaired) electrons. The van der Waals surface area contributed by atoms with E-state index in [1.807, 2.05) is 6.92 Å². The lowest BCUT2D eigenvalue weighted by molar-refractivity contribution is -0.132. The summed E-state index contributed by atoms with van der Waals surface area (Å²) in [4.78, 5) is 10.6. The molecule has 1 heterocycles. The smallest absolute Gasteiger partial charge is 0.335 e. The SMILES string of the molecule is CC1(CCl)C=C(C(=O)O)C=CN1.Cl. The van der Waals surface area contributed by atoms with Crippen molar-refractivity contribution in [2.75, 3.05) is 5.88 Å². The Balaban J connectivity index is 0.00000144. The second-order valence-corrected chi connectivity index (χ2v) is 3.20. The highest BCUT2D eigenvalue weighted by molar-refractivity contribution is 6.18. The number of carbonyl (C=O) groups is 1. The third-order valence-corrected chi connectivity index (χ3v) is 2.23. The topological polar surface area (TPSA) is 49.3 Å². The van der Waals surface area contributed by atoms with Gasteiger partial charge in [-0.3, -0.25) is 0 Å². The summed E-state index contributed by atoms with van der Waals surface area (Å²) in [6.07, 6.45) is 4.73. The average molecular weight is 224 g/mol. The van der Waals surface area contributed by atoms with E-state index in [0.717, 1.165) is 0 Å². The molecule has 0 bridgehead atoms. The highest BCUT2D eigenvalue weighted by atomic mass is 35.5. The monoisotopic (exact) mass is 223 g/mol. The molecule has 1 aliphatic heterocycles. The van der Waals surface area contributed by atoms with Gasteiger partial charge in [0, 0.05) is 5.88 Å². The Bertz CT molecular complexity index is 263. The molecule has 1 unspecified atom stereocenters. The first-order chi connectivity index (χ1) is 5.57. The van der Waals surface area contributed by atoms with E-state index in [1.54, 1.807) is 12.3 Å². The maximum absolute atomic E-state index is 10.6. The zero-order valence-electron chi connectivity index (χ0n) is 7.08. The summed E-state index contributed by atoms with van der Waals surface area (Å²) < 4.78 is 0. The van der Waals surface area contributed by atoms with E-state index in [-0.39, 0.29) is 18.0 Å². The van der Waals surface area contributed by atoms with Crippen LogP contribution in [0.2, 0.25) is 0 Å². The number of halogens is 2. The van der Waals surface area contributed by atoms with Crippen molar-refractivity contribution in [3.63, 3.8) is 0 Å². The van der Waals surface area contributed by atoms with E-state index < -0.39 is 11.5 Å². The third kappa shape index (κ3) is 2.94. The summed E-state index contributed by atoms with van der Waals surface area (Å²) >= 11 is 5.66. The summed E-state index contributed by atoms with van der Waals surface area (Å²) in [6, 6.07) is 0. The average Bonchev–Trinajstić information content (AvgIpc) is 2.05. The number of carboxylic acids is 1. The molecular weight excluding hydrogens is 213 g/mol. The van der Waals surface area contributed by atoms with Crippen molar-refractivity contribution >= 4 is 30.0 Å². The van der Waals surface area contributed by atoms with Gasteiger partial charge in [0.15, 0.2) is 0 Å². The number of dihydropyridines is 1. The molecule has 0 saturated heterocycles. The van der Waals surface area contributed by atoms with E-state index in [4.69, 9.17) is 16.7 Å². The number of hydrogen-bond acceptors (Lipinski definition) is 2. The lowest BCUT2D eigenvalue weighted by atomic mass is 9.98. The zero-order chi connectivity index (χ0) is 9.19. The van der Waals surface area contributed by atoms with E-state index in [1.165, 1.54) is 6.08 Å². The van der Waals surface area contributed by atoms with Gasteiger partial charge in [-0.25, -0.2) is 4.79 Å². The number of rotatable bonds is 2. The van der Waals surface area contributed by atoms with Gasteiger partial charge in [-0.15, -0.1) is 24.0 Å². The Kier molecular flexibility index (Phi) is 4.30. The van der Waals surface area contributed by atoms with Gasteiger partial charge in [0.1, 0.15) is 0 Å². The molecule has 0 spiro atoms. The first kappa shape index (κ1) is 12.3. The van der Waals surface area contributed by atoms with Crippen LogP contribution in [0, 0.1) is 0 Å². The van der Waals surface area contributed by atoms with Crippen molar-refractivity contribution in [2.24, 2.45) is 0 Å². The van der Waals surface area contributed by atoms with Crippen molar-refractivity contribution < 1.29 is 9.90 Å². The highest BCUT2D eigenvalue weighted by Gasteiger charge is 2.23. The third-order valence-electron chi connectivity index (χ3n) is 1.67. The van der Waals surface area contributed by atoms with Gasteiger partial charge in [0.05, 0.1) is 11.1 Å². The molecule has 2 N–H and O–H groups in total. The van der Waals surface area contributed by atoms with Crippen LogP contribution < -0.4 is 5.32 Å². The molecule has 13 heavy (non-hydrogen) atoms. The Labute approximate surface area is 87.9 Å². The molecule has 5 heteroatoms. The van der Waals surface area contributed by atoms with Gasteiger partial charge in [-0.1, -0.05) is 0 Å². The van der Waals surface area contributed by atoms with Crippen LogP contribution in [0.4, 0.5) is 0 Å². The molecule has 0 amide bonds. The van der Waals surface area contributed by atoms with E-state index >= 15 is 0 Å². The molecule has 0 saturated carbocycles. The molecule has 0 aromatic heterocycles. The fraction of sp³-hybridized carbons (Fsp3) is 0.375. The number of nitrogens with one attached hydrogen (secondary N) is 1. The number of aliphatic carboxylic acids is 1. The predicted octanol–water partition coefficient (Wildman–Crippen LogP) is 1.53. The van der Waals surface area contributed by atoms with Crippen LogP contribution in [0.25, 0.3) is 0 Å². The van der Waals surface area contributed by atoms with Gasteiger partial charge in [0.2, 0.25) is 0 Å². The van der Waals surface area contributed by atoms with Crippen LogP contribution in [0.1, 0.15) is 6.92 Å². The maximum Gasteiger partial charge on any atom is 0.335 e. The molecule has 74 valence electrons. The molecule has 0 aromatic rings. The summed E-state index contributed by atoms with van der Waals surface area (Å²) in [7, 11) is 0. The van der Waals surface area contributed by atoms with Gasteiger partial charge in [-0.05, 0) is 25.3 Å². The Hall–Kier alpha value is -0.670. The van der Waals surface area contributed by atoms with Crippen molar-refractivity contribution in [3.8, 4) is 0 Å². The fourth-order valence-electron chi connectivity index (χ4n) is 0.965. The lowest BCUT2D eigenvalue weighted by Gasteiger charge is -2.27. The van der Waals surface area contributed by atoms with E-state index in [0.29, 0.717) is 5.88 Å². The Morgan fingerprint density at radius 3 is 2.85 bits per heavy atom. The molecule has 0 aromatic carbocycles. The van der Waals surface area contributed by atoms with Crippen LogP contribution >= 0.6 is 24.0 Å². The van der Waals surface area contributed by atoms with Crippen LogP contribution in [0.15, 0.2) is 23.9 Å². The van der Waals surface area contributed by atoms with Crippen LogP contribution in [-0.2, 0) is 4.79 Å². The van der Waals surface area contributed by atoms with E-state index in [9.17, 15) is 4.79 Å². The zero-order valence-corrected chi connectivity index (χ0v) is 8.65. The molecule has 1 atom stereocenters. The minimum atomic E-state index is -0.927. The number of hydrogen-bond donors (Lipinski definition) is 2. The van der Waals surface area contributed by atoms with Crippen LogP contribution in [-0.4, -0.2) is 22.5 Å². The van der Waals surface area contributed by atoms with Gasteiger partial charge in [-0.2, -0.15) is 0 Å². The highest BCUT2D eigenvalue weighted by Crippen LogP contribution is 2.16. The van der Waals surface area contributed by atoms with Crippen molar-refractivity contribution in [1.29, 1.82) is 0 Å². The minimum absolute atomic E-state index is 0. The molecule has 3 nitrogen and oxygen atoms in total.